The number of halogens is 1. The first-order valence-corrected chi connectivity index (χ1v) is 9.41. The molecule has 2 aliphatic rings. The zero-order valence-electron chi connectivity index (χ0n) is 15.6. The van der Waals surface area contributed by atoms with E-state index >= 15 is 0 Å². The van der Waals surface area contributed by atoms with Gasteiger partial charge in [0.05, 0.1) is 23.8 Å². The molecule has 28 heavy (non-hydrogen) atoms. The Labute approximate surface area is 162 Å². The summed E-state index contributed by atoms with van der Waals surface area (Å²) in [6.07, 6.45) is 4.37. The number of aryl methyl sites for hydroxylation is 1. The van der Waals surface area contributed by atoms with Crippen LogP contribution in [-0.4, -0.2) is 36.2 Å². The summed E-state index contributed by atoms with van der Waals surface area (Å²) in [5, 5.41) is 15.6. The molecule has 1 saturated heterocycles. The molecule has 1 aliphatic carbocycles. The molecule has 6 nitrogen and oxygen atoms in total. The van der Waals surface area contributed by atoms with Crippen molar-refractivity contribution < 1.29 is 13.9 Å². The summed E-state index contributed by atoms with van der Waals surface area (Å²) in [7, 11) is 0. The molecule has 0 radical (unpaired) electrons. The average molecular weight is 380 g/mol. The number of ether oxygens (including phenoxy) is 1. The van der Waals surface area contributed by atoms with Crippen molar-refractivity contribution in [2.24, 2.45) is 0 Å². The first-order valence-electron chi connectivity index (χ1n) is 9.41. The van der Waals surface area contributed by atoms with Crippen LogP contribution in [0.3, 0.4) is 0 Å². The lowest BCUT2D eigenvalue weighted by atomic mass is 9.97. The van der Waals surface area contributed by atoms with Crippen LogP contribution in [0.4, 0.5) is 10.2 Å². The van der Waals surface area contributed by atoms with Crippen molar-refractivity contribution in [1.82, 2.24) is 10.3 Å². The van der Waals surface area contributed by atoms with Crippen molar-refractivity contribution in [2.45, 2.75) is 38.3 Å². The summed E-state index contributed by atoms with van der Waals surface area (Å²) >= 11 is 0. The van der Waals surface area contributed by atoms with Gasteiger partial charge in [-0.05, 0) is 55.5 Å². The van der Waals surface area contributed by atoms with Crippen molar-refractivity contribution in [1.29, 1.82) is 5.26 Å². The molecule has 1 aromatic carbocycles. The normalized spacial score (nSPS) is 18.5. The summed E-state index contributed by atoms with van der Waals surface area (Å²) in [6.45, 7) is 3.05. The fourth-order valence-corrected chi connectivity index (χ4v) is 3.30. The molecule has 2 heterocycles. The second-order valence-electron chi connectivity index (χ2n) is 7.33. The molecule has 1 atom stereocenters. The Morgan fingerprint density at radius 1 is 1.29 bits per heavy atom. The van der Waals surface area contributed by atoms with Gasteiger partial charge in [-0.15, -0.1) is 0 Å². The summed E-state index contributed by atoms with van der Waals surface area (Å²) in [5.74, 6) is -0.449. The van der Waals surface area contributed by atoms with Gasteiger partial charge < -0.3 is 15.4 Å². The van der Waals surface area contributed by atoms with Crippen LogP contribution in [-0.2, 0) is 4.74 Å². The van der Waals surface area contributed by atoms with E-state index < -0.39 is 11.7 Å². The van der Waals surface area contributed by atoms with E-state index in [4.69, 9.17) is 4.74 Å². The molecular formula is C21H21FN4O2. The fraction of sp³-hybridized carbons (Fsp3) is 0.381. The van der Waals surface area contributed by atoms with Crippen LogP contribution in [0, 0.1) is 24.1 Å². The quantitative estimate of drug-likeness (QED) is 0.832. The highest BCUT2D eigenvalue weighted by atomic mass is 19.1. The largest absolute Gasteiger partial charge is 0.379 e. The Morgan fingerprint density at radius 2 is 2.11 bits per heavy atom. The molecular weight excluding hydrogens is 359 g/mol. The number of anilines is 1. The van der Waals surface area contributed by atoms with Crippen molar-refractivity contribution in [3.05, 3.63) is 46.9 Å². The van der Waals surface area contributed by atoms with Gasteiger partial charge in [0.2, 0.25) is 0 Å². The van der Waals surface area contributed by atoms with Crippen LogP contribution >= 0.6 is 0 Å². The molecule has 1 aromatic heterocycles. The lowest BCUT2D eigenvalue weighted by Crippen LogP contribution is -2.26. The van der Waals surface area contributed by atoms with E-state index in [0.29, 0.717) is 41.3 Å². The lowest BCUT2D eigenvalue weighted by molar-refractivity contribution is 0.0947. The third-order valence-electron chi connectivity index (χ3n) is 5.06. The molecule has 1 saturated carbocycles. The van der Waals surface area contributed by atoms with E-state index in [1.807, 2.05) is 0 Å². The number of carbonyl (C=O) groups is 1. The standard InChI is InChI=1S/C21H21FN4O2/c1-12-6-19(22)18(21(27)26-15-2-3-15)8-17(12)14-7-13(9-23)20(24-10-14)25-16-4-5-28-11-16/h6-8,10,15-16H,2-5,11H2,1H3,(H,24,25)(H,26,27). The van der Waals surface area contributed by atoms with E-state index in [1.165, 1.54) is 6.07 Å². The Kier molecular flexibility index (Phi) is 4.97. The van der Waals surface area contributed by atoms with Gasteiger partial charge >= 0.3 is 0 Å². The third-order valence-corrected chi connectivity index (χ3v) is 5.06. The number of amides is 1. The number of rotatable bonds is 5. The SMILES string of the molecule is Cc1cc(F)c(C(=O)NC2CC2)cc1-c1cnc(NC2CCOC2)c(C#N)c1. The van der Waals surface area contributed by atoms with Crippen molar-refractivity contribution in [2.75, 3.05) is 18.5 Å². The minimum atomic E-state index is -0.549. The third kappa shape index (κ3) is 3.82. The molecule has 0 bridgehead atoms. The molecule has 0 spiro atoms. The Balaban J connectivity index is 1.65. The van der Waals surface area contributed by atoms with Gasteiger partial charge in [0.25, 0.3) is 5.91 Å². The van der Waals surface area contributed by atoms with Gasteiger partial charge in [-0.25, -0.2) is 9.37 Å². The topological polar surface area (TPSA) is 87.0 Å². The molecule has 2 N–H and O–H groups in total. The highest BCUT2D eigenvalue weighted by Crippen LogP contribution is 2.29. The number of carbonyl (C=O) groups excluding carboxylic acids is 1. The van der Waals surface area contributed by atoms with E-state index in [0.717, 1.165) is 19.3 Å². The van der Waals surface area contributed by atoms with Crippen LogP contribution in [0.2, 0.25) is 0 Å². The molecule has 1 unspecified atom stereocenters. The summed E-state index contributed by atoms with van der Waals surface area (Å²) in [6, 6.07) is 7.05. The second-order valence-corrected chi connectivity index (χ2v) is 7.33. The van der Waals surface area contributed by atoms with Crippen molar-refractivity contribution in [3.8, 4) is 17.2 Å². The smallest absolute Gasteiger partial charge is 0.254 e. The number of nitrogens with zero attached hydrogens (tertiary/aromatic N) is 2. The van der Waals surface area contributed by atoms with Gasteiger partial charge in [-0.1, -0.05) is 0 Å². The van der Waals surface area contributed by atoms with Crippen molar-refractivity contribution >= 4 is 11.7 Å². The predicted molar refractivity (Wildman–Crippen MR) is 102 cm³/mol. The molecule has 1 amide bonds. The number of hydrogen-bond acceptors (Lipinski definition) is 5. The van der Waals surface area contributed by atoms with Gasteiger partial charge in [0.15, 0.2) is 0 Å². The van der Waals surface area contributed by atoms with Crippen LogP contribution in [0.5, 0.6) is 0 Å². The number of nitrogens with one attached hydrogen (secondary N) is 2. The Hall–Kier alpha value is -2.98. The number of pyridine rings is 1. The maximum Gasteiger partial charge on any atom is 0.254 e. The summed E-state index contributed by atoms with van der Waals surface area (Å²) in [5.41, 5.74) is 2.44. The first-order chi connectivity index (χ1) is 13.5. The Morgan fingerprint density at radius 3 is 2.79 bits per heavy atom. The van der Waals surface area contributed by atoms with Crippen LogP contribution in [0.1, 0.15) is 40.7 Å². The second kappa shape index (κ2) is 7.56. The molecule has 2 fully saturated rings. The maximum absolute atomic E-state index is 14.4. The highest BCUT2D eigenvalue weighted by molar-refractivity contribution is 5.96. The minimum Gasteiger partial charge on any atom is -0.379 e. The molecule has 2 aromatic rings. The van der Waals surface area contributed by atoms with E-state index in [2.05, 4.69) is 21.7 Å². The van der Waals surface area contributed by atoms with Gasteiger partial charge in [-0.2, -0.15) is 5.26 Å². The molecule has 4 rings (SSSR count). The summed E-state index contributed by atoms with van der Waals surface area (Å²) in [4.78, 5) is 16.7. The first kappa shape index (κ1) is 18.4. The molecule has 1 aliphatic heterocycles. The number of nitriles is 1. The van der Waals surface area contributed by atoms with Gasteiger partial charge in [0.1, 0.15) is 17.7 Å². The van der Waals surface area contributed by atoms with Crippen molar-refractivity contribution in [3.63, 3.8) is 0 Å². The van der Waals surface area contributed by atoms with E-state index in [9.17, 15) is 14.4 Å². The van der Waals surface area contributed by atoms with Crippen LogP contribution in [0.15, 0.2) is 24.4 Å². The fourth-order valence-electron chi connectivity index (χ4n) is 3.30. The average Bonchev–Trinajstić information content (AvgIpc) is 3.34. The monoisotopic (exact) mass is 380 g/mol. The maximum atomic E-state index is 14.4. The lowest BCUT2D eigenvalue weighted by Gasteiger charge is -2.15. The predicted octanol–water partition coefficient (Wildman–Crippen LogP) is 3.16. The zero-order valence-corrected chi connectivity index (χ0v) is 15.6. The van der Waals surface area contributed by atoms with Gasteiger partial charge in [0, 0.05) is 24.4 Å². The Bertz CT molecular complexity index is 960. The molecule has 7 heteroatoms. The number of benzene rings is 1. The highest BCUT2D eigenvalue weighted by Gasteiger charge is 2.26. The molecule has 144 valence electrons. The van der Waals surface area contributed by atoms with E-state index in [-0.39, 0.29) is 17.6 Å². The summed E-state index contributed by atoms with van der Waals surface area (Å²) < 4.78 is 19.7. The zero-order chi connectivity index (χ0) is 19.7. The number of hydrogen-bond donors (Lipinski definition) is 2. The van der Waals surface area contributed by atoms with Crippen LogP contribution < -0.4 is 10.6 Å². The minimum absolute atomic E-state index is 0.0105. The van der Waals surface area contributed by atoms with Gasteiger partial charge in [-0.3, -0.25) is 4.79 Å². The van der Waals surface area contributed by atoms with E-state index in [1.54, 1.807) is 25.3 Å². The number of aromatic nitrogens is 1. The van der Waals surface area contributed by atoms with Crippen LogP contribution in [0.25, 0.3) is 11.1 Å².